The number of hydrogen-bond acceptors (Lipinski definition) is 7. The molecular weight excluding hydrogens is 270 g/mol. The summed E-state index contributed by atoms with van der Waals surface area (Å²) >= 11 is 1.41. The third-order valence-corrected chi connectivity index (χ3v) is 3.09. The summed E-state index contributed by atoms with van der Waals surface area (Å²) in [6.07, 6.45) is 3.10. The van der Waals surface area contributed by atoms with E-state index in [0.717, 1.165) is 5.56 Å². The van der Waals surface area contributed by atoms with Crippen molar-refractivity contribution in [3.05, 3.63) is 11.8 Å². The summed E-state index contributed by atoms with van der Waals surface area (Å²) in [6.45, 7) is 1.04. The van der Waals surface area contributed by atoms with Crippen LogP contribution in [0.5, 0.6) is 0 Å². The van der Waals surface area contributed by atoms with Crippen LogP contribution in [0.4, 0.5) is 10.6 Å². The lowest BCUT2D eigenvalue weighted by atomic mass is 10.3. The number of aromatic nitrogens is 2. The lowest BCUT2D eigenvalue weighted by Gasteiger charge is -2.27. The number of fused-ring (bicyclic) bond motifs is 1. The lowest BCUT2D eigenvalue weighted by Crippen LogP contribution is -2.39. The highest BCUT2D eigenvalue weighted by atomic mass is 32.2. The Morgan fingerprint density at radius 1 is 1.58 bits per heavy atom. The summed E-state index contributed by atoms with van der Waals surface area (Å²) in [6, 6.07) is 0. The van der Waals surface area contributed by atoms with Gasteiger partial charge in [0.05, 0.1) is 31.9 Å². The molecule has 1 aromatic rings. The van der Waals surface area contributed by atoms with Crippen molar-refractivity contribution in [1.29, 1.82) is 0 Å². The zero-order valence-electron chi connectivity index (χ0n) is 10.5. The van der Waals surface area contributed by atoms with E-state index in [1.165, 1.54) is 16.7 Å². The Bertz CT molecular complexity index is 458. The zero-order chi connectivity index (χ0) is 13.7. The van der Waals surface area contributed by atoms with Gasteiger partial charge in [-0.2, -0.15) is 0 Å². The first-order valence-electron chi connectivity index (χ1n) is 5.79. The average molecular weight is 285 g/mol. The number of aliphatic hydroxyl groups excluding tert-OH is 1. The minimum atomic E-state index is -0.439. The molecule has 0 fully saturated rings. The predicted molar refractivity (Wildman–Crippen MR) is 69.2 cm³/mol. The van der Waals surface area contributed by atoms with Gasteiger partial charge in [-0.3, -0.25) is 4.90 Å². The predicted octanol–water partition coefficient (Wildman–Crippen LogP) is 0.664. The van der Waals surface area contributed by atoms with Gasteiger partial charge in [-0.1, -0.05) is 11.8 Å². The van der Waals surface area contributed by atoms with Crippen LogP contribution in [0.25, 0.3) is 0 Å². The van der Waals surface area contributed by atoms with Crippen LogP contribution in [-0.2, 0) is 16.1 Å². The van der Waals surface area contributed by atoms with E-state index >= 15 is 0 Å². The first-order chi connectivity index (χ1) is 9.26. The fourth-order valence-electron chi connectivity index (χ4n) is 1.64. The second-order valence-electron chi connectivity index (χ2n) is 3.75. The van der Waals surface area contributed by atoms with E-state index in [1.807, 2.05) is 6.26 Å². The number of rotatable bonds is 6. The molecule has 0 aromatic carbocycles. The molecule has 8 heteroatoms. The number of ether oxygens (including phenoxy) is 2. The maximum absolute atomic E-state index is 11.8. The summed E-state index contributed by atoms with van der Waals surface area (Å²) in [5, 5.41) is 9.23. The van der Waals surface area contributed by atoms with Crippen LogP contribution < -0.4 is 4.90 Å². The van der Waals surface area contributed by atoms with Crippen LogP contribution >= 0.6 is 11.8 Å². The Balaban J connectivity index is 2.12. The molecule has 0 bridgehead atoms. The molecule has 2 rings (SSSR count). The van der Waals surface area contributed by atoms with Gasteiger partial charge in [0.15, 0.2) is 5.16 Å². The van der Waals surface area contributed by atoms with Gasteiger partial charge in [-0.15, -0.1) is 0 Å². The van der Waals surface area contributed by atoms with Gasteiger partial charge in [0.1, 0.15) is 12.4 Å². The summed E-state index contributed by atoms with van der Waals surface area (Å²) in [4.78, 5) is 21.7. The van der Waals surface area contributed by atoms with Crippen molar-refractivity contribution in [1.82, 2.24) is 9.97 Å². The van der Waals surface area contributed by atoms with E-state index in [0.29, 0.717) is 24.1 Å². The number of cyclic esters (lactones) is 1. The van der Waals surface area contributed by atoms with Crippen molar-refractivity contribution in [3.63, 3.8) is 0 Å². The molecule has 1 aliphatic rings. The second-order valence-corrected chi connectivity index (χ2v) is 4.52. The van der Waals surface area contributed by atoms with Crippen molar-refractivity contribution in [2.75, 3.05) is 37.5 Å². The van der Waals surface area contributed by atoms with E-state index in [4.69, 9.17) is 14.6 Å². The Labute approximate surface area is 114 Å². The Hall–Kier alpha value is -1.38. The van der Waals surface area contributed by atoms with E-state index < -0.39 is 6.09 Å². The van der Waals surface area contributed by atoms with Gasteiger partial charge in [0.25, 0.3) is 0 Å². The molecule has 1 aromatic heterocycles. The van der Waals surface area contributed by atoms with Crippen LogP contribution in [0.15, 0.2) is 11.4 Å². The van der Waals surface area contributed by atoms with Crippen LogP contribution in [0.2, 0.25) is 0 Å². The molecular formula is C11H15N3O4S. The van der Waals surface area contributed by atoms with Gasteiger partial charge >= 0.3 is 6.09 Å². The molecule has 1 aliphatic heterocycles. The quantitative estimate of drug-likeness (QED) is 0.467. The molecule has 0 unspecified atom stereocenters. The molecule has 2 heterocycles. The Morgan fingerprint density at radius 3 is 3.16 bits per heavy atom. The van der Waals surface area contributed by atoms with Crippen molar-refractivity contribution in [2.45, 2.75) is 11.8 Å². The van der Waals surface area contributed by atoms with Crippen molar-refractivity contribution < 1.29 is 19.4 Å². The molecule has 1 amide bonds. The summed E-state index contributed by atoms with van der Waals surface area (Å²) in [5.41, 5.74) is 0.777. The van der Waals surface area contributed by atoms with E-state index in [1.54, 1.807) is 6.20 Å². The summed E-state index contributed by atoms with van der Waals surface area (Å²) < 4.78 is 10.2. The number of carbonyl (C=O) groups is 1. The van der Waals surface area contributed by atoms with Gasteiger partial charge in [-0.25, -0.2) is 14.8 Å². The molecule has 104 valence electrons. The lowest BCUT2D eigenvalue weighted by molar-refractivity contribution is 0.0929. The molecule has 0 spiro atoms. The third-order valence-electron chi connectivity index (χ3n) is 2.52. The fraction of sp³-hybridized carbons (Fsp3) is 0.545. The SMILES string of the molecule is CSc1ncc2c(n1)N(CCOCCO)C(=O)OC2. The highest BCUT2D eigenvalue weighted by Gasteiger charge is 2.27. The summed E-state index contributed by atoms with van der Waals surface area (Å²) in [7, 11) is 0. The van der Waals surface area contributed by atoms with Gasteiger partial charge < -0.3 is 14.6 Å². The Kier molecular flexibility index (Phi) is 4.94. The van der Waals surface area contributed by atoms with E-state index in [2.05, 4.69) is 9.97 Å². The topological polar surface area (TPSA) is 84.8 Å². The molecule has 19 heavy (non-hydrogen) atoms. The molecule has 1 N–H and O–H groups in total. The van der Waals surface area contributed by atoms with Gasteiger partial charge in [-0.05, 0) is 6.26 Å². The number of hydrogen-bond donors (Lipinski definition) is 1. The Morgan fingerprint density at radius 2 is 2.42 bits per heavy atom. The third kappa shape index (κ3) is 3.34. The first-order valence-corrected chi connectivity index (χ1v) is 7.01. The summed E-state index contributed by atoms with van der Waals surface area (Å²) in [5.74, 6) is 0.572. The molecule has 0 aliphatic carbocycles. The smallest absolute Gasteiger partial charge is 0.415 e. The van der Waals surface area contributed by atoms with Crippen LogP contribution in [0.1, 0.15) is 5.56 Å². The average Bonchev–Trinajstić information content (AvgIpc) is 2.44. The molecule has 7 nitrogen and oxygen atoms in total. The molecule has 0 radical (unpaired) electrons. The van der Waals surface area contributed by atoms with E-state index in [-0.39, 0.29) is 19.8 Å². The minimum Gasteiger partial charge on any atom is -0.444 e. The van der Waals surface area contributed by atoms with E-state index in [9.17, 15) is 4.79 Å². The standard InChI is InChI=1S/C11H15N3O4S/c1-19-10-12-6-8-7-18-11(16)14(9(8)13-10)2-4-17-5-3-15/h6,15H,2-5,7H2,1H3. The molecule has 0 saturated heterocycles. The van der Waals surface area contributed by atoms with Crippen LogP contribution in [0.3, 0.4) is 0 Å². The van der Waals surface area contributed by atoms with Gasteiger partial charge in [0, 0.05) is 6.20 Å². The van der Waals surface area contributed by atoms with Crippen LogP contribution in [-0.4, -0.2) is 53.8 Å². The molecule has 0 saturated carbocycles. The van der Waals surface area contributed by atoms with Crippen molar-refractivity contribution in [3.8, 4) is 0 Å². The number of thioether (sulfide) groups is 1. The maximum atomic E-state index is 11.8. The first kappa shape index (κ1) is 14.0. The highest BCUT2D eigenvalue weighted by molar-refractivity contribution is 7.98. The number of aliphatic hydroxyl groups is 1. The van der Waals surface area contributed by atoms with Crippen molar-refractivity contribution in [2.24, 2.45) is 0 Å². The largest absolute Gasteiger partial charge is 0.444 e. The fourth-order valence-corrected chi connectivity index (χ4v) is 1.98. The highest BCUT2D eigenvalue weighted by Crippen LogP contribution is 2.25. The second kappa shape index (κ2) is 6.69. The normalized spacial score (nSPS) is 14.2. The maximum Gasteiger partial charge on any atom is 0.415 e. The zero-order valence-corrected chi connectivity index (χ0v) is 11.4. The van der Waals surface area contributed by atoms with Crippen molar-refractivity contribution >= 4 is 23.7 Å². The number of amides is 1. The minimum absolute atomic E-state index is 0.0418. The van der Waals surface area contributed by atoms with Crippen LogP contribution in [0, 0.1) is 0 Å². The molecule has 0 atom stereocenters. The monoisotopic (exact) mass is 285 g/mol. The number of anilines is 1. The number of nitrogens with zero attached hydrogens (tertiary/aromatic N) is 3. The van der Waals surface area contributed by atoms with Gasteiger partial charge in [0.2, 0.25) is 0 Å². The number of carbonyl (C=O) groups excluding carboxylic acids is 1.